The lowest BCUT2D eigenvalue weighted by Crippen LogP contribution is -2.14. The maximum absolute atomic E-state index is 12.6. The van der Waals surface area contributed by atoms with Crippen LogP contribution in [0.2, 0.25) is 0 Å². The van der Waals surface area contributed by atoms with E-state index in [1.54, 1.807) is 18.3 Å². The number of nitrogens with one attached hydrogen (secondary N) is 2. The molecule has 1 amide bonds. The van der Waals surface area contributed by atoms with E-state index < -0.39 is 17.6 Å². The van der Waals surface area contributed by atoms with Crippen LogP contribution in [-0.4, -0.2) is 15.9 Å². The quantitative estimate of drug-likeness (QED) is 0.698. The fourth-order valence-corrected chi connectivity index (χ4v) is 2.30. The van der Waals surface area contributed by atoms with E-state index in [4.69, 9.17) is 0 Å². The fraction of sp³-hybridized carbons (Fsp3) is 0.105. The number of anilines is 2. The second kappa shape index (κ2) is 7.86. The summed E-state index contributed by atoms with van der Waals surface area (Å²) < 4.78 is 37.7. The van der Waals surface area contributed by atoms with Crippen LogP contribution in [0, 0.1) is 0 Å². The second-order valence-corrected chi connectivity index (χ2v) is 5.63. The number of hydrogen-bond acceptors (Lipinski definition) is 4. The molecule has 2 N–H and O–H groups in total. The van der Waals surface area contributed by atoms with Crippen molar-refractivity contribution in [2.45, 2.75) is 12.7 Å². The van der Waals surface area contributed by atoms with E-state index in [1.807, 2.05) is 18.2 Å². The molecule has 0 aliphatic rings. The van der Waals surface area contributed by atoms with Crippen molar-refractivity contribution in [1.82, 2.24) is 9.97 Å². The highest BCUT2D eigenvalue weighted by Gasteiger charge is 2.30. The van der Waals surface area contributed by atoms with Gasteiger partial charge in [-0.3, -0.25) is 14.8 Å². The molecule has 138 valence electrons. The van der Waals surface area contributed by atoms with Crippen LogP contribution in [0.15, 0.2) is 67.0 Å². The zero-order chi connectivity index (χ0) is 19.3. The van der Waals surface area contributed by atoms with Gasteiger partial charge in [0.2, 0.25) is 0 Å². The Bertz CT molecular complexity index is 912. The Balaban J connectivity index is 1.64. The molecule has 0 saturated carbocycles. The van der Waals surface area contributed by atoms with Crippen molar-refractivity contribution >= 4 is 17.3 Å². The average molecular weight is 372 g/mol. The minimum Gasteiger partial charge on any atom is -0.379 e. The first-order chi connectivity index (χ1) is 12.9. The number of benzene rings is 1. The molecule has 3 aromatic rings. The highest BCUT2D eigenvalue weighted by atomic mass is 19.4. The van der Waals surface area contributed by atoms with Crippen LogP contribution in [0.4, 0.5) is 24.5 Å². The predicted molar refractivity (Wildman–Crippen MR) is 95.2 cm³/mol. The van der Waals surface area contributed by atoms with Gasteiger partial charge in [0.1, 0.15) is 5.69 Å². The van der Waals surface area contributed by atoms with E-state index in [2.05, 4.69) is 20.6 Å². The number of carbonyl (C=O) groups is 1. The van der Waals surface area contributed by atoms with E-state index in [0.717, 1.165) is 17.8 Å². The van der Waals surface area contributed by atoms with Gasteiger partial charge in [-0.2, -0.15) is 13.2 Å². The van der Waals surface area contributed by atoms with Crippen molar-refractivity contribution in [2.24, 2.45) is 0 Å². The molecular formula is C19H15F3N4O. The molecule has 2 heterocycles. The molecule has 1 aromatic carbocycles. The van der Waals surface area contributed by atoms with Crippen molar-refractivity contribution in [2.75, 3.05) is 10.6 Å². The molecule has 0 aliphatic carbocycles. The molecule has 0 aliphatic heterocycles. The Morgan fingerprint density at radius 3 is 2.37 bits per heavy atom. The van der Waals surface area contributed by atoms with Crippen LogP contribution < -0.4 is 10.6 Å². The molecule has 2 aromatic heterocycles. The fourth-order valence-electron chi connectivity index (χ4n) is 2.30. The summed E-state index contributed by atoms with van der Waals surface area (Å²) in [6, 6.07) is 13.0. The van der Waals surface area contributed by atoms with Gasteiger partial charge in [0.05, 0.1) is 17.8 Å². The van der Waals surface area contributed by atoms with Gasteiger partial charge in [0, 0.05) is 23.8 Å². The van der Waals surface area contributed by atoms with Gasteiger partial charge < -0.3 is 10.6 Å². The first-order valence-corrected chi connectivity index (χ1v) is 8.00. The third-order valence-electron chi connectivity index (χ3n) is 3.66. The van der Waals surface area contributed by atoms with Crippen LogP contribution in [-0.2, 0) is 12.7 Å². The van der Waals surface area contributed by atoms with Gasteiger partial charge in [-0.05, 0) is 48.5 Å². The van der Waals surface area contributed by atoms with E-state index in [0.29, 0.717) is 12.2 Å². The first-order valence-electron chi connectivity index (χ1n) is 8.00. The summed E-state index contributed by atoms with van der Waals surface area (Å²) >= 11 is 0. The summed E-state index contributed by atoms with van der Waals surface area (Å²) in [5.74, 6) is -0.517. The van der Waals surface area contributed by atoms with Gasteiger partial charge in [-0.15, -0.1) is 0 Å². The number of carbonyl (C=O) groups excluding carboxylic acids is 1. The molecule has 5 nitrogen and oxygen atoms in total. The second-order valence-electron chi connectivity index (χ2n) is 5.63. The Hall–Kier alpha value is -3.42. The zero-order valence-corrected chi connectivity index (χ0v) is 14.0. The van der Waals surface area contributed by atoms with Gasteiger partial charge in [-0.25, -0.2) is 0 Å². The number of alkyl halides is 3. The molecule has 0 unspecified atom stereocenters. The zero-order valence-electron chi connectivity index (χ0n) is 14.0. The van der Waals surface area contributed by atoms with Crippen molar-refractivity contribution in [3.8, 4) is 0 Å². The maximum atomic E-state index is 12.6. The lowest BCUT2D eigenvalue weighted by atomic mass is 10.2. The van der Waals surface area contributed by atoms with Crippen molar-refractivity contribution in [1.29, 1.82) is 0 Å². The highest BCUT2D eigenvalue weighted by molar-refractivity contribution is 6.03. The smallest absolute Gasteiger partial charge is 0.379 e. The standard InChI is InChI=1S/C19H15F3N4O/c20-19(21,22)13-4-6-14(7-5-13)26-18(27)17-11-15(8-10-24-17)25-12-16-3-1-2-9-23-16/h1-11H,12H2,(H,24,25)(H,26,27). The topological polar surface area (TPSA) is 66.9 Å². The number of amides is 1. The number of aromatic nitrogens is 2. The molecule has 8 heteroatoms. The summed E-state index contributed by atoms with van der Waals surface area (Å²) in [5, 5.41) is 5.67. The molecule has 3 rings (SSSR count). The summed E-state index contributed by atoms with van der Waals surface area (Å²) in [6.07, 6.45) is -1.26. The third-order valence-corrected chi connectivity index (χ3v) is 3.66. The SMILES string of the molecule is O=C(Nc1ccc(C(F)(F)F)cc1)c1cc(NCc2ccccn2)ccn1. The van der Waals surface area contributed by atoms with Crippen LogP contribution in [0.5, 0.6) is 0 Å². The summed E-state index contributed by atoms with van der Waals surface area (Å²) in [7, 11) is 0. The Labute approximate surface area is 153 Å². The van der Waals surface area contributed by atoms with E-state index >= 15 is 0 Å². The Morgan fingerprint density at radius 1 is 0.926 bits per heavy atom. The lowest BCUT2D eigenvalue weighted by Gasteiger charge is -2.10. The van der Waals surface area contributed by atoms with Crippen molar-refractivity contribution in [3.63, 3.8) is 0 Å². The molecule has 0 fully saturated rings. The molecule has 0 spiro atoms. The summed E-state index contributed by atoms with van der Waals surface area (Å²) in [6.45, 7) is 0.477. The largest absolute Gasteiger partial charge is 0.416 e. The number of nitrogens with zero attached hydrogens (tertiary/aromatic N) is 2. The van der Waals surface area contributed by atoms with Crippen molar-refractivity contribution in [3.05, 3.63) is 83.9 Å². The van der Waals surface area contributed by atoms with E-state index in [1.165, 1.54) is 18.3 Å². The van der Waals surface area contributed by atoms with E-state index in [-0.39, 0.29) is 11.4 Å². The third kappa shape index (κ3) is 5.04. The average Bonchev–Trinajstić information content (AvgIpc) is 2.67. The Kier molecular flexibility index (Phi) is 5.35. The number of halogens is 3. The van der Waals surface area contributed by atoms with Gasteiger partial charge in [-0.1, -0.05) is 6.07 Å². The molecular weight excluding hydrogens is 357 g/mol. The van der Waals surface area contributed by atoms with E-state index in [9.17, 15) is 18.0 Å². The first kappa shape index (κ1) is 18.4. The highest BCUT2D eigenvalue weighted by Crippen LogP contribution is 2.29. The van der Waals surface area contributed by atoms with Crippen LogP contribution >= 0.6 is 0 Å². The molecule has 0 atom stereocenters. The number of rotatable bonds is 5. The molecule has 0 saturated heterocycles. The van der Waals surface area contributed by atoms with Crippen LogP contribution in [0.25, 0.3) is 0 Å². The normalized spacial score (nSPS) is 11.1. The molecule has 27 heavy (non-hydrogen) atoms. The monoisotopic (exact) mass is 372 g/mol. The van der Waals surface area contributed by atoms with Gasteiger partial charge >= 0.3 is 6.18 Å². The maximum Gasteiger partial charge on any atom is 0.416 e. The predicted octanol–water partition coefficient (Wildman–Crippen LogP) is 4.36. The van der Waals surface area contributed by atoms with Gasteiger partial charge in [0.15, 0.2) is 0 Å². The number of pyridine rings is 2. The lowest BCUT2D eigenvalue weighted by molar-refractivity contribution is -0.137. The van der Waals surface area contributed by atoms with Crippen LogP contribution in [0.3, 0.4) is 0 Å². The molecule has 0 radical (unpaired) electrons. The van der Waals surface area contributed by atoms with Gasteiger partial charge in [0.25, 0.3) is 5.91 Å². The molecule has 0 bridgehead atoms. The Morgan fingerprint density at radius 2 is 1.70 bits per heavy atom. The number of hydrogen-bond donors (Lipinski definition) is 2. The summed E-state index contributed by atoms with van der Waals surface area (Å²) in [5.41, 5.74) is 1.13. The minimum atomic E-state index is -4.42. The minimum absolute atomic E-state index is 0.140. The van der Waals surface area contributed by atoms with Crippen molar-refractivity contribution < 1.29 is 18.0 Å². The summed E-state index contributed by atoms with van der Waals surface area (Å²) in [4.78, 5) is 20.5. The van der Waals surface area contributed by atoms with Crippen LogP contribution in [0.1, 0.15) is 21.7 Å².